The number of carbonyl (C=O) groups excluding carboxylic acids is 11. The summed E-state index contributed by atoms with van der Waals surface area (Å²) in [6.45, 7) is -0.166. The van der Waals surface area contributed by atoms with Crippen LogP contribution in [0.1, 0.15) is 64.0 Å². The van der Waals surface area contributed by atoms with E-state index in [1.54, 1.807) is 5.32 Å². The molecule has 3 aromatic heterocycles. The van der Waals surface area contributed by atoms with Crippen LogP contribution < -0.4 is 96.6 Å². The third-order valence-corrected chi connectivity index (χ3v) is 9.74. The molecule has 10 atom stereocenters. The van der Waals surface area contributed by atoms with Crippen molar-refractivity contribution in [3.05, 3.63) is 113 Å². The fraction of sp³-hybridized carbons (Fsp3) is 0.419. The van der Waals surface area contributed by atoms with Crippen LogP contribution >= 0.6 is 7.82 Å². The van der Waals surface area contributed by atoms with Crippen molar-refractivity contribution in [2.75, 3.05) is 27.4 Å². The molecule has 3 aromatic rings. The van der Waals surface area contributed by atoms with Crippen LogP contribution in [0.25, 0.3) is 0 Å². The normalized spacial score (nSPS) is 18.6. The van der Waals surface area contributed by atoms with Gasteiger partial charge in [0.2, 0.25) is 7.34 Å². The molecule has 22 N–H and O–H groups in total. The van der Waals surface area contributed by atoms with Crippen molar-refractivity contribution < 1.29 is 204 Å². The van der Waals surface area contributed by atoms with Crippen LogP contribution in [0.2, 0.25) is 0 Å². The quantitative estimate of drug-likeness (QED) is 0.0221. The summed E-state index contributed by atoms with van der Waals surface area (Å²) in [5.74, 6) is -8.49. The zero-order valence-corrected chi connectivity index (χ0v) is 50.9. The standard InChI is InChI=1S/C11H14N2O8.C10H14N2O6.C5H8N2O5.C5H6N2O4.C5H4N2O4.CH4NO5P.CH2O3.CO2.2CH4.2CH3.2Co.3H2O.H2/c1-20-3-5-7(15)8(16)9(21-5)13-4(10(17)18)2-6(14)12-11(13)19;1-17-4-5-7(14)8(15)9(18-5)12-3-2-6(13)11-10(12)16;6-5(12)7-2(4(10)11)1-3(8)9;2*8-3-1-2(4(9)10)6-5(11)7-3;2-1(3)7-8(4,5)6;2-1-4-3;2-1-3;;;;;;;;;;/h2,5,7-9,15-16H,3H2,1H3,(H,17,18)(H,12,14,19);2-3,5,7-9,14-15H,4H2,1H3,(H,11,13,16);2H,1H2,(H,8,9)(H,10,11)(H3,6,7,12);2H,1H2,(H,9,10)(H2,6,7,8,11);1H,(H,9,10)(H2,6,7,8,11);(H2,2,3)(H2,4,5,6);1,3H;;2*1H4;2*1H3;;;3*1H2;1H/q;;;;;;;;;;2*-1;;;;;;/p-7/t2*5-,7+,8?,9-;;;;;;;;;;;;;;;;/m11................/s1/i;;;;;;;;;;;;;;;;;1+1/hD. The molecule has 3 aliphatic rings. The van der Waals surface area contributed by atoms with E-state index >= 15 is 0 Å². The number of ether oxygens (including phenoxy) is 4. The van der Waals surface area contributed by atoms with Crippen molar-refractivity contribution in [3.8, 4) is 0 Å². The number of aliphatic hydroxyl groups excluding tert-OH is 4. The average Bonchev–Trinajstić information content (AvgIpc) is 1.70. The third kappa shape index (κ3) is 43.2. The molecule has 6 rings (SSSR count). The minimum atomic E-state index is -5.20. The number of aromatic nitrogens is 6. The number of aliphatic carboxylic acids is 3. The molecule has 6 amide bonds. The number of primary amides is 2. The number of methoxy groups -OCH3 is 2. The second kappa shape index (κ2) is 55.7. The number of rotatable bonds is 15. The first-order valence-corrected chi connectivity index (χ1v) is 23.7. The van der Waals surface area contributed by atoms with Gasteiger partial charge in [-0.05, 0) is 0 Å². The van der Waals surface area contributed by atoms with E-state index in [1.807, 2.05) is 30.6 Å². The van der Waals surface area contributed by atoms with Gasteiger partial charge in [0, 0.05) is 73.6 Å². The Morgan fingerprint density at radius 2 is 1.23 bits per heavy atom. The molecule has 51 nitrogen and oxygen atoms in total. The average molecular weight is 1530 g/mol. The minimum absolute atomic E-state index is 0. The summed E-state index contributed by atoms with van der Waals surface area (Å²) >= 11 is 0. The number of nitrogens with zero attached hydrogens (tertiary/aromatic N) is 2. The topological polar surface area (TPSA) is 898 Å². The Morgan fingerprint density at radius 1 is 0.784 bits per heavy atom. The van der Waals surface area contributed by atoms with Gasteiger partial charge in [-0.25, -0.2) is 28.8 Å². The Labute approximate surface area is 563 Å². The maximum absolute atomic E-state index is 11.8. The first kappa shape index (κ1) is 109. The monoisotopic (exact) mass is 1530 g/mol. The van der Waals surface area contributed by atoms with Gasteiger partial charge in [-0.2, -0.15) is 9.59 Å². The molecule has 0 saturated carbocycles. The van der Waals surface area contributed by atoms with Crippen molar-refractivity contribution in [1.29, 1.82) is 0 Å². The Balaban J connectivity index is -0.0000000898. The largest absolute Gasteiger partial charge is 0.780 e. The van der Waals surface area contributed by atoms with E-state index in [4.69, 9.17) is 50.6 Å². The van der Waals surface area contributed by atoms with Crippen LogP contribution in [-0.2, 0) is 100 Å². The Bertz CT molecular complexity index is 3320. The van der Waals surface area contributed by atoms with Crippen molar-refractivity contribution in [3.63, 3.8) is 0 Å². The molecule has 0 aromatic carbocycles. The number of aliphatic hydroxyl groups is 4. The number of aromatic carboxylic acids is 2. The van der Waals surface area contributed by atoms with E-state index < -0.39 is 174 Å². The van der Waals surface area contributed by atoms with Gasteiger partial charge < -0.3 is 171 Å². The zero-order chi connectivity index (χ0) is 70.5. The molecule has 0 aliphatic carbocycles. The third-order valence-electron chi connectivity index (χ3n) is 9.33. The first-order valence-electron chi connectivity index (χ1n) is 22.7. The van der Waals surface area contributed by atoms with Crippen molar-refractivity contribution in [2.24, 2.45) is 11.5 Å². The van der Waals surface area contributed by atoms with E-state index in [0.29, 0.717) is 10.6 Å². The van der Waals surface area contributed by atoms with Crippen molar-refractivity contribution in [1.82, 2.24) is 45.0 Å². The van der Waals surface area contributed by atoms with Crippen LogP contribution in [0.5, 0.6) is 0 Å². The predicted octanol–water partition coefficient (Wildman–Crippen LogP) is -18.3. The summed E-state index contributed by atoms with van der Waals surface area (Å²) in [5.41, 5.74) is 8.75. The Morgan fingerprint density at radius 3 is 1.57 bits per heavy atom. The second-order valence-electron chi connectivity index (χ2n) is 15.5. The summed E-state index contributed by atoms with van der Waals surface area (Å²) < 4.78 is 38.9. The molecule has 0 spiro atoms. The Kier molecular flexibility index (Phi) is 62.5. The van der Waals surface area contributed by atoms with Crippen molar-refractivity contribution in [2.45, 2.75) is 88.9 Å². The SMILES string of the molecule is C.C.COC[C@H]1O[C@@H](n2c(C(=O)[O-])cc(=O)[nH]c2=O)C(O)[C@H]1O.COC[C@H]1O[C@@H](n2ccc(=O)[nH]c2=O)C(O)[C@H]1O.NC(=O)NC(CC(=O)O)C(=O)[O-].NC(=O)OP(=O)([O-])[O-].O.O.O=C([O-])c1cc(=O)[nH]c(=O)[nH]1.O=C1CC(C(=O)[O-])NC(=O)N1.O=C=O.O=CO[O-].[2HH].[2H]O.[CH3-].[CH3-].[Co].[Co]. The van der Waals surface area contributed by atoms with Gasteiger partial charge in [-0.3, -0.25) is 58.2 Å². The summed E-state index contributed by atoms with van der Waals surface area (Å²) in [5, 5.41) is 103. The number of urea groups is 2. The van der Waals surface area contributed by atoms with Crippen LogP contribution in [0, 0.1) is 14.9 Å². The molecular weight excluding hydrogens is 1460 g/mol. The summed E-state index contributed by atoms with van der Waals surface area (Å²) in [6.07, 6.45) is -10.8. The number of phosphoric acid groups is 1. The summed E-state index contributed by atoms with van der Waals surface area (Å²) in [4.78, 5) is 212. The number of carbonyl (C=O) groups is 10. The number of hydrogen-bond acceptors (Lipinski definition) is 36. The van der Waals surface area contributed by atoms with Crippen LogP contribution in [0.15, 0.2) is 53.2 Å². The zero-order valence-electron chi connectivity index (χ0n) is 48.9. The van der Waals surface area contributed by atoms with E-state index in [2.05, 4.69) is 20.9 Å². The number of imide groups is 1. The number of amides is 6. The fourth-order valence-electron chi connectivity index (χ4n) is 6.03. The van der Waals surface area contributed by atoms with Gasteiger partial charge in [-0.15, -0.1) is 0 Å². The second-order valence-corrected chi connectivity index (χ2v) is 16.6. The number of aromatic amines is 4. The molecular formula is C43H67Co2N11O40P-9. The molecule has 3 aliphatic heterocycles. The number of H-pyrrole nitrogens is 4. The van der Waals surface area contributed by atoms with Crippen LogP contribution in [0.3, 0.4) is 0 Å². The van der Waals surface area contributed by atoms with Gasteiger partial charge >= 0.3 is 47.3 Å². The first-order chi connectivity index (χ1) is 41.8. The van der Waals surface area contributed by atoms with E-state index in [9.17, 15) is 127 Å². The fourth-order valence-corrected chi connectivity index (χ4v) is 6.25. The molecule has 0 bridgehead atoms. The maximum atomic E-state index is 11.8. The number of carboxylic acid groups (broad SMARTS) is 5. The van der Waals surface area contributed by atoms with Gasteiger partial charge in [0.25, 0.3) is 23.2 Å². The predicted molar refractivity (Wildman–Crippen MR) is 288 cm³/mol. The Hall–Kier alpha value is -9.60. The molecule has 54 heteroatoms. The smallest absolute Gasteiger partial charge is 0.407 e. The van der Waals surface area contributed by atoms with Crippen LogP contribution in [-0.4, -0.2) is 214 Å². The van der Waals surface area contributed by atoms with Gasteiger partial charge in [0.15, 0.2) is 12.5 Å². The molecule has 6 heterocycles. The molecule has 4 unspecified atom stereocenters. The molecule has 97 heavy (non-hydrogen) atoms. The molecule has 566 valence electrons. The molecule has 3 saturated heterocycles. The van der Waals surface area contributed by atoms with Crippen molar-refractivity contribution >= 4 is 74.4 Å². The number of carboxylic acids is 5. The number of hydrogen-bond donors (Lipinski definition) is 14. The maximum Gasteiger partial charge on any atom is 0.407 e. The van der Waals surface area contributed by atoms with Gasteiger partial charge in [0.1, 0.15) is 44.4 Å². The van der Waals surface area contributed by atoms with E-state index in [0.717, 1.165) is 16.7 Å². The number of phosphoric ester groups is 1. The number of nitrogens with two attached hydrogens (primary N) is 2. The van der Waals surface area contributed by atoms with Crippen LogP contribution in [0.4, 0.5) is 14.4 Å². The molecule has 2 radical (unpaired) electrons. The molecule has 3 fully saturated rings. The summed E-state index contributed by atoms with van der Waals surface area (Å²) in [6, 6.07) is -2.19. The van der Waals surface area contributed by atoms with E-state index in [-0.39, 0.29) is 108 Å². The van der Waals surface area contributed by atoms with E-state index in [1.165, 1.54) is 20.4 Å². The van der Waals surface area contributed by atoms with Gasteiger partial charge in [-0.1, -0.05) is 14.9 Å². The van der Waals surface area contributed by atoms with Gasteiger partial charge in [0.05, 0.1) is 73.4 Å². The summed E-state index contributed by atoms with van der Waals surface area (Å²) in [7, 11) is -2.42. The minimum Gasteiger partial charge on any atom is -0.780 e. The number of nitrogens with one attached hydrogen (secondary N) is 7.